The zero-order valence-electron chi connectivity index (χ0n) is 14.6. The van der Waals surface area contributed by atoms with Crippen molar-refractivity contribution in [1.29, 1.82) is 0 Å². The monoisotopic (exact) mass is 354 g/mol. The smallest absolute Gasteiger partial charge is 0.227 e. The fourth-order valence-corrected chi connectivity index (χ4v) is 3.41. The summed E-state index contributed by atoms with van der Waals surface area (Å²) in [7, 11) is 0. The number of fused-ring (bicyclic) bond motifs is 3. The lowest BCUT2D eigenvalue weighted by Crippen LogP contribution is -1.88. The number of halogens is 1. The number of rotatable bonds is 2. The minimum atomic E-state index is -0.253. The fraction of sp³-hybridized carbons (Fsp3) is 0.0435. The van der Waals surface area contributed by atoms with Gasteiger partial charge in [0, 0.05) is 33.8 Å². The first kappa shape index (κ1) is 15.7. The van der Waals surface area contributed by atoms with E-state index in [2.05, 4.69) is 9.97 Å². The van der Waals surface area contributed by atoms with E-state index in [0.717, 1.165) is 38.9 Å². The average Bonchev–Trinajstić information content (AvgIpc) is 3.06. The number of benzene rings is 2. The fourth-order valence-electron chi connectivity index (χ4n) is 3.41. The van der Waals surface area contributed by atoms with Crippen LogP contribution in [-0.2, 0) is 0 Å². The third kappa shape index (κ3) is 2.57. The third-order valence-corrected chi connectivity index (χ3v) is 4.72. The minimum Gasteiger partial charge on any atom is -0.437 e. The highest BCUT2D eigenvalue weighted by molar-refractivity contribution is 6.08. The molecule has 3 aromatic heterocycles. The van der Waals surface area contributed by atoms with Crippen molar-refractivity contribution in [1.82, 2.24) is 9.97 Å². The molecule has 0 aliphatic carbocycles. The van der Waals surface area contributed by atoms with Gasteiger partial charge in [0.1, 0.15) is 11.4 Å². The summed E-state index contributed by atoms with van der Waals surface area (Å²) >= 11 is 0. The topological polar surface area (TPSA) is 38.9 Å². The maximum Gasteiger partial charge on any atom is 0.227 e. The van der Waals surface area contributed by atoms with Gasteiger partial charge in [-0.25, -0.2) is 9.37 Å². The van der Waals surface area contributed by atoms with Crippen LogP contribution in [0.5, 0.6) is 0 Å². The van der Waals surface area contributed by atoms with Crippen LogP contribution < -0.4 is 0 Å². The van der Waals surface area contributed by atoms with E-state index >= 15 is 0 Å². The highest BCUT2D eigenvalue weighted by atomic mass is 19.1. The summed E-state index contributed by atoms with van der Waals surface area (Å²) in [4.78, 5) is 8.99. The van der Waals surface area contributed by atoms with Crippen LogP contribution in [0, 0.1) is 12.7 Å². The summed E-state index contributed by atoms with van der Waals surface area (Å²) in [5, 5.41) is 1.97. The zero-order valence-corrected chi connectivity index (χ0v) is 14.6. The largest absolute Gasteiger partial charge is 0.437 e. The Morgan fingerprint density at radius 2 is 1.70 bits per heavy atom. The Morgan fingerprint density at radius 3 is 2.59 bits per heavy atom. The Hall–Kier alpha value is -3.53. The molecular formula is C23H15FN2O. The van der Waals surface area contributed by atoms with Crippen molar-refractivity contribution in [3.8, 4) is 22.4 Å². The van der Waals surface area contributed by atoms with Crippen molar-refractivity contribution in [3.63, 3.8) is 0 Å². The van der Waals surface area contributed by atoms with Crippen molar-refractivity contribution in [2.24, 2.45) is 0 Å². The van der Waals surface area contributed by atoms with E-state index in [0.29, 0.717) is 11.3 Å². The van der Waals surface area contributed by atoms with Gasteiger partial charge < -0.3 is 4.42 Å². The molecule has 3 nitrogen and oxygen atoms in total. The van der Waals surface area contributed by atoms with Gasteiger partial charge in [-0.15, -0.1) is 0 Å². The summed E-state index contributed by atoms with van der Waals surface area (Å²) in [5.41, 5.74) is 5.18. The molecule has 4 heteroatoms. The van der Waals surface area contributed by atoms with Crippen molar-refractivity contribution < 1.29 is 8.81 Å². The first-order chi connectivity index (χ1) is 13.2. The first-order valence-electron chi connectivity index (χ1n) is 8.71. The van der Waals surface area contributed by atoms with Crippen LogP contribution in [0.1, 0.15) is 5.69 Å². The number of aryl methyl sites for hydroxylation is 1. The third-order valence-electron chi connectivity index (χ3n) is 4.72. The Balaban J connectivity index is 1.73. The van der Waals surface area contributed by atoms with E-state index in [1.807, 2.05) is 55.5 Å². The van der Waals surface area contributed by atoms with Crippen LogP contribution in [0.4, 0.5) is 4.39 Å². The number of pyridine rings is 2. The van der Waals surface area contributed by atoms with Crippen molar-refractivity contribution >= 4 is 22.1 Å². The maximum absolute atomic E-state index is 14.2. The summed E-state index contributed by atoms with van der Waals surface area (Å²) < 4.78 is 20.3. The number of hydrogen-bond donors (Lipinski definition) is 0. The maximum atomic E-state index is 14.2. The van der Waals surface area contributed by atoms with Gasteiger partial charge in [-0.3, -0.25) is 4.98 Å². The van der Waals surface area contributed by atoms with Crippen molar-refractivity contribution in [3.05, 3.63) is 84.4 Å². The first-order valence-corrected chi connectivity index (χ1v) is 8.71. The van der Waals surface area contributed by atoms with E-state index in [1.54, 1.807) is 18.3 Å². The highest BCUT2D eigenvalue weighted by Gasteiger charge is 2.14. The molecule has 0 unspecified atom stereocenters. The highest BCUT2D eigenvalue weighted by Crippen LogP contribution is 2.35. The van der Waals surface area contributed by atoms with Gasteiger partial charge in [-0.05, 0) is 48.9 Å². The zero-order chi connectivity index (χ0) is 18.4. The lowest BCUT2D eigenvalue weighted by Gasteiger charge is -2.06. The summed E-state index contributed by atoms with van der Waals surface area (Å²) in [6, 6.07) is 20.4. The molecule has 0 spiro atoms. The molecule has 0 radical (unpaired) electrons. The molecule has 0 amide bonds. The molecule has 0 bridgehead atoms. The van der Waals surface area contributed by atoms with Crippen LogP contribution in [-0.4, -0.2) is 9.97 Å². The van der Waals surface area contributed by atoms with Gasteiger partial charge >= 0.3 is 0 Å². The molecule has 5 aromatic rings. The molecular weight excluding hydrogens is 339 g/mol. The molecule has 130 valence electrons. The standard InChI is InChI=1S/C23H15FN2O/c1-14-9-10-18-17-6-4-7-19(22(17)27-23(18)26-14)21-13-15(11-12-25-21)16-5-2-3-8-20(16)24/h2-13H,1H3. The van der Waals surface area contributed by atoms with Gasteiger partial charge in [-0.1, -0.05) is 30.3 Å². The van der Waals surface area contributed by atoms with Crippen LogP contribution >= 0.6 is 0 Å². The van der Waals surface area contributed by atoms with Gasteiger partial charge in [0.05, 0.1) is 5.69 Å². The number of aromatic nitrogens is 2. The Morgan fingerprint density at radius 1 is 0.852 bits per heavy atom. The lowest BCUT2D eigenvalue weighted by molar-refractivity contribution is 0.631. The number of nitrogens with zero attached hydrogens (tertiary/aromatic N) is 2. The van der Waals surface area contributed by atoms with E-state index in [-0.39, 0.29) is 5.82 Å². The Kier molecular flexibility index (Phi) is 3.50. The van der Waals surface area contributed by atoms with Gasteiger partial charge in [-0.2, -0.15) is 0 Å². The van der Waals surface area contributed by atoms with E-state index in [4.69, 9.17) is 4.42 Å². The van der Waals surface area contributed by atoms with Gasteiger partial charge in [0.15, 0.2) is 0 Å². The van der Waals surface area contributed by atoms with Crippen LogP contribution in [0.2, 0.25) is 0 Å². The SMILES string of the molecule is Cc1ccc2c(n1)oc1c(-c3cc(-c4ccccc4F)ccn3)cccc12. The number of para-hydroxylation sites is 1. The minimum absolute atomic E-state index is 0.253. The molecule has 27 heavy (non-hydrogen) atoms. The van der Waals surface area contributed by atoms with Crippen LogP contribution in [0.25, 0.3) is 44.5 Å². The average molecular weight is 354 g/mol. The van der Waals surface area contributed by atoms with Crippen LogP contribution in [0.3, 0.4) is 0 Å². The van der Waals surface area contributed by atoms with Gasteiger partial charge in [0.25, 0.3) is 0 Å². The summed E-state index contributed by atoms with van der Waals surface area (Å²) in [5.74, 6) is -0.253. The van der Waals surface area contributed by atoms with Crippen LogP contribution in [0.15, 0.2) is 77.3 Å². The Bertz CT molecular complexity index is 1310. The molecule has 3 heterocycles. The molecule has 0 aliphatic rings. The lowest BCUT2D eigenvalue weighted by atomic mass is 10.0. The van der Waals surface area contributed by atoms with Gasteiger partial charge in [0.2, 0.25) is 5.71 Å². The number of furan rings is 1. The molecule has 0 N–H and O–H groups in total. The quantitative estimate of drug-likeness (QED) is 0.381. The second-order valence-corrected chi connectivity index (χ2v) is 6.50. The molecule has 5 rings (SSSR count). The summed E-state index contributed by atoms with van der Waals surface area (Å²) in [6.45, 7) is 1.94. The molecule has 0 saturated carbocycles. The van der Waals surface area contributed by atoms with E-state index < -0.39 is 0 Å². The molecule has 0 atom stereocenters. The molecule has 2 aromatic carbocycles. The predicted molar refractivity (Wildman–Crippen MR) is 105 cm³/mol. The second-order valence-electron chi connectivity index (χ2n) is 6.50. The normalized spacial score (nSPS) is 11.3. The molecule has 0 aliphatic heterocycles. The second kappa shape index (κ2) is 6.02. The van der Waals surface area contributed by atoms with Crippen molar-refractivity contribution in [2.75, 3.05) is 0 Å². The van der Waals surface area contributed by atoms with E-state index in [1.165, 1.54) is 6.07 Å². The van der Waals surface area contributed by atoms with Crippen molar-refractivity contribution in [2.45, 2.75) is 6.92 Å². The van der Waals surface area contributed by atoms with E-state index in [9.17, 15) is 4.39 Å². The summed E-state index contributed by atoms with van der Waals surface area (Å²) in [6.07, 6.45) is 1.70. The predicted octanol–water partition coefficient (Wildman–Crippen LogP) is 6.16. The Labute approximate surface area is 155 Å². The number of hydrogen-bond acceptors (Lipinski definition) is 3. The molecule has 0 saturated heterocycles. The molecule has 0 fully saturated rings.